The van der Waals surface area contributed by atoms with E-state index in [1.807, 2.05) is 18.2 Å². The molecule has 2 heterocycles. The van der Waals surface area contributed by atoms with Crippen LogP contribution >= 0.6 is 0 Å². The van der Waals surface area contributed by atoms with Crippen LogP contribution in [0.4, 0.5) is 4.39 Å². The quantitative estimate of drug-likeness (QED) is 0.725. The normalized spacial score (nSPS) is 28.9. The van der Waals surface area contributed by atoms with Gasteiger partial charge in [-0.15, -0.1) is 0 Å². The van der Waals surface area contributed by atoms with Gasteiger partial charge in [0.1, 0.15) is 5.67 Å². The van der Waals surface area contributed by atoms with E-state index in [-0.39, 0.29) is 24.5 Å². The summed E-state index contributed by atoms with van der Waals surface area (Å²) in [5.41, 5.74) is 0.0108. The third-order valence-electron chi connectivity index (χ3n) is 6.62. The second-order valence-electron chi connectivity index (χ2n) is 8.76. The number of nitrogens with zero attached hydrogens (tertiary/aromatic N) is 1. The van der Waals surface area contributed by atoms with Crippen LogP contribution in [0.1, 0.15) is 43.6 Å². The molecule has 0 amide bonds. The van der Waals surface area contributed by atoms with Gasteiger partial charge in [-0.2, -0.15) is 0 Å². The average molecular weight is 410 g/mol. The lowest BCUT2D eigenvalue weighted by Gasteiger charge is -2.36. The summed E-state index contributed by atoms with van der Waals surface area (Å²) < 4.78 is 42.2. The van der Waals surface area contributed by atoms with Crippen LogP contribution in [0.5, 0.6) is 0 Å². The SMILES string of the molecule is O=S(=O)(CC1CCNCC1)N1CCC(F)(CNC2CC2c2ccccc2)CC1. The van der Waals surface area contributed by atoms with E-state index < -0.39 is 15.7 Å². The Kier molecular flexibility index (Phi) is 6.06. The Balaban J connectivity index is 1.23. The van der Waals surface area contributed by atoms with Crippen molar-refractivity contribution in [2.75, 3.05) is 38.5 Å². The lowest BCUT2D eigenvalue weighted by atomic mass is 9.94. The predicted octanol–water partition coefficient (Wildman–Crippen LogP) is 2.27. The van der Waals surface area contributed by atoms with Crippen molar-refractivity contribution in [3.63, 3.8) is 0 Å². The maximum atomic E-state index is 15.2. The van der Waals surface area contributed by atoms with Crippen molar-refractivity contribution in [2.24, 2.45) is 5.92 Å². The molecule has 0 bridgehead atoms. The van der Waals surface area contributed by atoms with Gasteiger partial charge in [-0.25, -0.2) is 17.1 Å². The van der Waals surface area contributed by atoms with Crippen LogP contribution in [0.25, 0.3) is 0 Å². The van der Waals surface area contributed by atoms with Gasteiger partial charge in [0.2, 0.25) is 10.0 Å². The lowest BCUT2D eigenvalue weighted by Crippen LogP contribution is -2.50. The van der Waals surface area contributed by atoms with E-state index in [9.17, 15) is 8.42 Å². The van der Waals surface area contributed by atoms with E-state index in [2.05, 4.69) is 22.8 Å². The molecule has 3 aliphatic rings. The molecule has 3 fully saturated rings. The molecule has 156 valence electrons. The highest BCUT2D eigenvalue weighted by Gasteiger charge is 2.43. The molecule has 28 heavy (non-hydrogen) atoms. The maximum Gasteiger partial charge on any atom is 0.214 e. The summed E-state index contributed by atoms with van der Waals surface area (Å²) in [7, 11) is -3.28. The highest BCUT2D eigenvalue weighted by Crippen LogP contribution is 2.41. The number of nitrogens with one attached hydrogen (secondary N) is 2. The second-order valence-corrected chi connectivity index (χ2v) is 10.8. The van der Waals surface area contributed by atoms with E-state index in [1.54, 1.807) is 0 Å². The topological polar surface area (TPSA) is 61.4 Å². The summed E-state index contributed by atoms with van der Waals surface area (Å²) in [6.07, 6.45) is 3.45. The number of hydrogen-bond acceptors (Lipinski definition) is 4. The number of rotatable bonds is 7. The van der Waals surface area contributed by atoms with Crippen LogP contribution in [0.3, 0.4) is 0 Å². The number of piperidine rings is 2. The van der Waals surface area contributed by atoms with Crippen LogP contribution in [0, 0.1) is 5.92 Å². The fourth-order valence-electron chi connectivity index (χ4n) is 4.60. The smallest absolute Gasteiger partial charge is 0.214 e. The molecule has 1 aliphatic carbocycles. The van der Waals surface area contributed by atoms with E-state index >= 15 is 4.39 Å². The Morgan fingerprint density at radius 1 is 1.14 bits per heavy atom. The zero-order valence-electron chi connectivity index (χ0n) is 16.4. The standard InChI is InChI=1S/C21H32FN3O2S/c22-21(16-24-20-14-19(20)18-4-2-1-3-5-18)8-12-25(13-9-21)28(26,27)15-17-6-10-23-11-7-17/h1-5,17,19-20,23-24H,6-16H2. The minimum Gasteiger partial charge on any atom is -0.317 e. The maximum absolute atomic E-state index is 15.2. The monoisotopic (exact) mass is 409 g/mol. The molecule has 1 aromatic rings. The largest absolute Gasteiger partial charge is 0.317 e. The fraction of sp³-hybridized carbons (Fsp3) is 0.714. The van der Waals surface area contributed by atoms with Crippen LogP contribution in [0.15, 0.2) is 30.3 Å². The Hall–Kier alpha value is -1.02. The summed E-state index contributed by atoms with van der Waals surface area (Å²) in [6.45, 7) is 2.72. The number of alkyl halides is 1. The van der Waals surface area contributed by atoms with Gasteiger partial charge in [0.05, 0.1) is 5.75 Å². The fourth-order valence-corrected chi connectivity index (χ4v) is 6.48. The summed E-state index contributed by atoms with van der Waals surface area (Å²) in [4.78, 5) is 0. The van der Waals surface area contributed by atoms with Gasteiger partial charge in [-0.1, -0.05) is 30.3 Å². The van der Waals surface area contributed by atoms with Crippen molar-refractivity contribution in [3.8, 4) is 0 Å². The van der Waals surface area contributed by atoms with Crippen molar-refractivity contribution >= 4 is 10.0 Å². The van der Waals surface area contributed by atoms with E-state index in [1.165, 1.54) is 9.87 Å². The highest BCUT2D eigenvalue weighted by molar-refractivity contribution is 7.89. The van der Waals surface area contributed by atoms with Gasteiger partial charge in [0.25, 0.3) is 0 Å². The molecular weight excluding hydrogens is 377 g/mol. The van der Waals surface area contributed by atoms with Crippen LogP contribution < -0.4 is 10.6 Å². The van der Waals surface area contributed by atoms with Crippen molar-refractivity contribution < 1.29 is 12.8 Å². The van der Waals surface area contributed by atoms with E-state index in [0.29, 0.717) is 31.6 Å². The van der Waals surface area contributed by atoms with Crippen LogP contribution in [0.2, 0.25) is 0 Å². The van der Waals surface area contributed by atoms with Gasteiger partial charge in [0.15, 0.2) is 0 Å². The van der Waals surface area contributed by atoms with Crippen molar-refractivity contribution in [1.82, 2.24) is 14.9 Å². The zero-order valence-corrected chi connectivity index (χ0v) is 17.3. The van der Waals surface area contributed by atoms with Gasteiger partial charge >= 0.3 is 0 Å². The molecule has 2 saturated heterocycles. The average Bonchev–Trinajstić information content (AvgIpc) is 3.48. The second kappa shape index (κ2) is 8.38. The molecule has 7 heteroatoms. The van der Waals surface area contributed by atoms with Crippen molar-refractivity contribution in [2.45, 2.75) is 49.7 Å². The summed E-state index contributed by atoms with van der Waals surface area (Å²) in [5, 5.41) is 6.65. The predicted molar refractivity (Wildman–Crippen MR) is 110 cm³/mol. The molecule has 1 saturated carbocycles. The first kappa shape index (κ1) is 20.3. The molecule has 2 N–H and O–H groups in total. The molecule has 0 aromatic heterocycles. The van der Waals surface area contributed by atoms with Crippen LogP contribution in [-0.4, -0.2) is 62.9 Å². The summed E-state index contributed by atoms with van der Waals surface area (Å²) >= 11 is 0. The number of halogens is 1. The molecular formula is C21H32FN3O2S. The molecule has 5 nitrogen and oxygen atoms in total. The van der Waals surface area contributed by atoms with Gasteiger partial charge in [-0.05, 0) is 56.7 Å². The Morgan fingerprint density at radius 3 is 2.50 bits per heavy atom. The molecule has 0 radical (unpaired) electrons. The first-order valence-electron chi connectivity index (χ1n) is 10.6. The van der Waals surface area contributed by atoms with E-state index in [4.69, 9.17) is 0 Å². The van der Waals surface area contributed by atoms with Gasteiger partial charge in [-0.3, -0.25) is 0 Å². The summed E-state index contributed by atoms with van der Waals surface area (Å²) in [5.74, 6) is 0.928. The van der Waals surface area contributed by atoms with Gasteiger partial charge < -0.3 is 10.6 Å². The minimum atomic E-state index is -3.28. The minimum absolute atomic E-state index is 0.215. The van der Waals surface area contributed by atoms with Crippen molar-refractivity contribution in [3.05, 3.63) is 35.9 Å². The Labute approximate surface area is 168 Å². The number of hydrogen-bond donors (Lipinski definition) is 2. The first-order chi connectivity index (χ1) is 13.5. The number of sulfonamides is 1. The molecule has 2 unspecified atom stereocenters. The zero-order chi connectivity index (χ0) is 19.6. The van der Waals surface area contributed by atoms with Crippen molar-refractivity contribution in [1.29, 1.82) is 0 Å². The molecule has 2 aliphatic heterocycles. The van der Waals surface area contributed by atoms with Crippen LogP contribution in [-0.2, 0) is 10.0 Å². The number of benzene rings is 1. The third kappa shape index (κ3) is 4.93. The summed E-state index contributed by atoms with van der Waals surface area (Å²) in [6, 6.07) is 10.7. The van der Waals surface area contributed by atoms with E-state index in [0.717, 1.165) is 32.4 Å². The molecule has 2 atom stereocenters. The Morgan fingerprint density at radius 2 is 1.82 bits per heavy atom. The molecule has 1 aromatic carbocycles. The third-order valence-corrected chi connectivity index (χ3v) is 8.66. The van der Waals surface area contributed by atoms with Gasteiger partial charge in [0, 0.05) is 31.6 Å². The Bertz CT molecular complexity index is 744. The first-order valence-corrected chi connectivity index (χ1v) is 12.2. The molecule has 0 spiro atoms. The molecule has 4 rings (SSSR count). The lowest BCUT2D eigenvalue weighted by molar-refractivity contribution is 0.0869. The highest BCUT2D eigenvalue weighted by atomic mass is 32.2.